The molecule has 3 aliphatic rings. The maximum atomic E-state index is 11.2. The minimum Gasteiger partial charge on any atom is -0.377 e. The Morgan fingerprint density at radius 2 is 2.08 bits per heavy atom. The van der Waals surface area contributed by atoms with Crippen LogP contribution in [-0.4, -0.2) is 19.1 Å². The monoisotopic (exact) mass is 375 g/mol. The number of nitrogens with two attached hydrogens (primary N) is 1. The van der Waals surface area contributed by atoms with Crippen LogP contribution in [-0.2, 0) is 16.7 Å². The summed E-state index contributed by atoms with van der Waals surface area (Å²) in [6, 6.07) is 5.47. The lowest BCUT2D eigenvalue weighted by molar-refractivity contribution is -0.0646. The highest BCUT2D eigenvalue weighted by Crippen LogP contribution is 2.64. The summed E-state index contributed by atoms with van der Waals surface area (Å²) in [4.78, 5) is 0. The molecule has 5 nitrogen and oxygen atoms in total. The number of aliphatic hydroxyl groups is 1. The van der Waals surface area contributed by atoms with Gasteiger partial charge in [0.1, 0.15) is 11.4 Å². The predicted molar refractivity (Wildman–Crippen MR) is 98.6 cm³/mol. The zero-order valence-corrected chi connectivity index (χ0v) is 15.8. The van der Waals surface area contributed by atoms with E-state index in [1.54, 1.807) is 12.1 Å². The van der Waals surface area contributed by atoms with Crippen LogP contribution >= 0.6 is 0 Å². The van der Waals surface area contributed by atoms with Crippen LogP contribution in [0.1, 0.15) is 56.1 Å². The fourth-order valence-corrected chi connectivity index (χ4v) is 6.37. The van der Waals surface area contributed by atoms with Gasteiger partial charge in [-0.1, -0.05) is 18.9 Å². The van der Waals surface area contributed by atoms with Crippen LogP contribution in [0, 0.1) is 29.6 Å². The highest BCUT2D eigenvalue weighted by atomic mass is 32.2. The molecule has 0 aliphatic heterocycles. The maximum absolute atomic E-state index is 11.2. The zero-order valence-electron chi connectivity index (χ0n) is 14.9. The largest absolute Gasteiger partial charge is 0.380 e. The number of hydrogen-bond acceptors (Lipinski definition) is 4. The van der Waals surface area contributed by atoms with Gasteiger partial charge in [-0.25, -0.2) is 0 Å². The van der Waals surface area contributed by atoms with E-state index < -0.39 is 15.9 Å². The van der Waals surface area contributed by atoms with Crippen molar-refractivity contribution in [3.8, 4) is 18.1 Å². The first-order chi connectivity index (χ1) is 12.2. The standard InChI is InChI=1S/C20H25NO4S/c1-3-20(22)11-9-18-17-6-4-13-12-14(25-26(21,23)24)5-7-15(13)16(17)8-10-19(18,20)2/h1,5,7,12,16-18,22H,4,6,8-11H2,2H3,(H2,21,23,24)/t16?,17-,18?,19+,20+/m1/s1. The molecule has 26 heavy (non-hydrogen) atoms. The van der Waals surface area contributed by atoms with Crippen LogP contribution < -0.4 is 9.32 Å². The molecule has 6 heteroatoms. The molecule has 3 N–H and O–H groups in total. The summed E-state index contributed by atoms with van der Waals surface area (Å²) < 4.78 is 27.2. The lowest BCUT2D eigenvalue weighted by atomic mass is 9.53. The Hall–Kier alpha value is -1.55. The van der Waals surface area contributed by atoms with Crippen LogP contribution in [0.2, 0.25) is 0 Å². The van der Waals surface area contributed by atoms with Crippen molar-refractivity contribution in [2.75, 3.05) is 0 Å². The second kappa shape index (κ2) is 5.72. The van der Waals surface area contributed by atoms with Gasteiger partial charge in [-0.3, -0.25) is 0 Å². The van der Waals surface area contributed by atoms with Crippen molar-refractivity contribution in [3.05, 3.63) is 29.3 Å². The molecule has 0 aromatic heterocycles. The van der Waals surface area contributed by atoms with Crippen molar-refractivity contribution in [3.63, 3.8) is 0 Å². The number of hydrogen-bond donors (Lipinski definition) is 2. The van der Waals surface area contributed by atoms with Crippen molar-refractivity contribution >= 4 is 10.3 Å². The average molecular weight is 375 g/mol. The van der Waals surface area contributed by atoms with Gasteiger partial charge in [0.25, 0.3) is 0 Å². The number of aryl methyl sites for hydroxylation is 1. The van der Waals surface area contributed by atoms with E-state index in [-0.39, 0.29) is 11.2 Å². The van der Waals surface area contributed by atoms with Crippen LogP contribution in [0.3, 0.4) is 0 Å². The van der Waals surface area contributed by atoms with Gasteiger partial charge in [0.2, 0.25) is 0 Å². The summed E-state index contributed by atoms with van der Waals surface area (Å²) in [5, 5.41) is 15.9. The van der Waals surface area contributed by atoms with E-state index in [1.807, 2.05) is 6.07 Å². The zero-order chi connectivity index (χ0) is 18.7. The number of fused-ring (bicyclic) bond motifs is 5. The molecule has 0 amide bonds. The quantitative estimate of drug-likeness (QED) is 0.777. The van der Waals surface area contributed by atoms with E-state index in [1.165, 1.54) is 5.56 Å². The molecule has 2 saturated carbocycles. The Morgan fingerprint density at radius 3 is 2.77 bits per heavy atom. The molecule has 4 rings (SSSR count). The fraction of sp³-hybridized carbons (Fsp3) is 0.600. The van der Waals surface area contributed by atoms with E-state index in [4.69, 9.17) is 15.7 Å². The second-order valence-electron chi connectivity index (χ2n) is 8.35. The Labute approximate surface area is 155 Å². The molecule has 0 heterocycles. The van der Waals surface area contributed by atoms with Gasteiger partial charge in [0.05, 0.1) is 0 Å². The minimum atomic E-state index is -4.01. The van der Waals surface area contributed by atoms with Gasteiger partial charge in [-0.15, -0.1) is 6.42 Å². The van der Waals surface area contributed by atoms with Gasteiger partial charge in [0.15, 0.2) is 0 Å². The first kappa shape index (κ1) is 17.8. The van der Waals surface area contributed by atoms with E-state index >= 15 is 0 Å². The summed E-state index contributed by atoms with van der Waals surface area (Å²) in [5.41, 5.74) is 1.22. The van der Waals surface area contributed by atoms with Crippen molar-refractivity contribution in [2.45, 2.75) is 57.0 Å². The molecule has 0 bridgehead atoms. The first-order valence-corrected chi connectivity index (χ1v) is 10.7. The summed E-state index contributed by atoms with van der Waals surface area (Å²) >= 11 is 0. The first-order valence-electron chi connectivity index (χ1n) is 9.22. The lowest BCUT2D eigenvalue weighted by Crippen LogP contribution is -2.50. The molecule has 5 atom stereocenters. The molecule has 140 valence electrons. The molecule has 3 aliphatic carbocycles. The van der Waals surface area contributed by atoms with Gasteiger partial charge >= 0.3 is 10.3 Å². The van der Waals surface area contributed by atoms with Gasteiger partial charge in [0, 0.05) is 5.41 Å². The smallest absolute Gasteiger partial charge is 0.377 e. The van der Waals surface area contributed by atoms with Gasteiger partial charge in [-0.05, 0) is 79.5 Å². The third-order valence-corrected chi connectivity index (χ3v) is 7.73. The highest BCUT2D eigenvalue weighted by Gasteiger charge is 2.61. The molecular weight excluding hydrogens is 350 g/mol. The van der Waals surface area contributed by atoms with Gasteiger partial charge < -0.3 is 9.29 Å². The average Bonchev–Trinajstić information content (AvgIpc) is 2.85. The van der Waals surface area contributed by atoms with Gasteiger partial charge in [-0.2, -0.15) is 13.6 Å². The molecule has 1 aromatic carbocycles. The molecule has 0 saturated heterocycles. The van der Waals surface area contributed by atoms with E-state index in [9.17, 15) is 13.5 Å². The molecule has 1 aromatic rings. The predicted octanol–water partition coefficient (Wildman–Crippen LogP) is 2.49. The molecule has 2 unspecified atom stereocenters. The third-order valence-electron chi connectivity index (χ3n) is 7.30. The Balaban J connectivity index is 1.65. The normalized spacial score (nSPS) is 38.6. The maximum Gasteiger partial charge on any atom is 0.380 e. The number of rotatable bonds is 2. The summed E-state index contributed by atoms with van der Waals surface area (Å²) in [6.07, 6.45) is 11.2. The van der Waals surface area contributed by atoms with E-state index in [0.29, 0.717) is 24.2 Å². The number of terminal acetylenes is 1. The topological polar surface area (TPSA) is 89.6 Å². The molecular formula is C20H25NO4S. The van der Waals surface area contributed by atoms with Crippen molar-refractivity contribution in [1.82, 2.24) is 0 Å². The Bertz CT molecular complexity index is 890. The lowest BCUT2D eigenvalue weighted by Gasteiger charge is -2.52. The Morgan fingerprint density at radius 1 is 1.31 bits per heavy atom. The van der Waals surface area contributed by atoms with Crippen molar-refractivity contribution in [1.29, 1.82) is 0 Å². The Kier molecular flexibility index (Phi) is 3.93. The fourth-order valence-electron chi connectivity index (χ4n) is 6.00. The molecule has 0 radical (unpaired) electrons. The van der Waals surface area contributed by atoms with Crippen LogP contribution in [0.25, 0.3) is 0 Å². The SMILES string of the molecule is C#C[C@]1(O)CCC2[C@@H]3CCc4cc(OS(N)(=O)=O)ccc4C3CC[C@@]21C. The van der Waals surface area contributed by atoms with Crippen LogP contribution in [0.5, 0.6) is 5.75 Å². The van der Waals surface area contributed by atoms with Crippen LogP contribution in [0.4, 0.5) is 0 Å². The van der Waals surface area contributed by atoms with Crippen LogP contribution in [0.15, 0.2) is 18.2 Å². The summed E-state index contributed by atoms with van der Waals surface area (Å²) in [6.45, 7) is 2.17. The van der Waals surface area contributed by atoms with E-state index in [2.05, 4.69) is 12.8 Å². The molecule has 0 spiro atoms. The second-order valence-corrected chi connectivity index (χ2v) is 9.50. The van der Waals surface area contributed by atoms with E-state index in [0.717, 1.165) is 37.7 Å². The summed E-state index contributed by atoms with van der Waals surface area (Å²) in [5.74, 6) is 4.33. The molecule has 2 fully saturated rings. The minimum absolute atomic E-state index is 0.211. The van der Waals surface area contributed by atoms with Crippen molar-refractivity contribution < 1.29 is 17.7 Å². The van der Waals surface area contributed by atoms with Crippen molar-refractivity contribution in [2.24, 2.45) is 22.4 Å². The highest BCUT2D eigenvalue weighted by molar-refractivity contribution is 7.84. The number of benzene rings is 1. The third kappa shape index (κ3) is 2.57. The summed E-state index contributed by atoms with van der Waals surface area (Å²) in [7, 11) is -4.01.